The van der Waals surface area contributed by atoms with Crippen molar-refractivity contribution in [1.82, 2.24) is 14.5 Å². The van der Waals surface area contributed by atoms with Crippen LogP contribution in [0.1, 0.15) is 0 Å². The summed E-state index contributed by atoms with van der Waals surface area (Å²) in [6.07, 6.45) is 1.41. The Morgan fingerprint density at radius 1 is 1.08 bits per heavy atom. The minimum Gasteiger partial charge on any atom is -0.349 e. The Labute approximate surface area is 136 Å². The van der Waals surface area contributed by atoms with E-state index in [0.29, 0.717) is 16.7 Å². The lowest BCUT2D eigenvalue weighted by Gasteiger charge is -2.07. The zero-order chi connectivity index (χ0) is 16.5. The molecule has 2 aromatic carbocycles. The van der Waals surface area contributed by atoms with E-state index in [2.05, 4.69) is 15.3 Å². The largest absolute Gasteiger partial charge is 0.349 e. The molecule has 6 nitrogen and oxygen atoms in total. The van der Waals surface area contributed by atoms with E-state index < -0.39 is 0 Å². The maximum Gasteiger partial charge on any atom is 0.278 e. The second-order valence-corrected chi connectivity index (χ2v) is 5.49. The molecule has 1 amide bonds. The van der Waals surface area contributed by atoms with Crippen molar-refractivity contribution >= 4 is 33.5 Å². The summed E-state index contributed by atoms with van der Waals surface area (Å²) in [5, 5.41) is 3.65. The van der Waals surface area contributed by atoms with Crippen LogP contribution in [0.15, 0.2) is 65.7 Å². The topological polar surface area (TPSA) is 79.8 Å². The minimum atomic E-state index is -0.277. The SMILES string of the molecule is O=C(Cn1cnc2c([nH]c3ccccc32)c1=O)Nc1ccccc1. The molecule has 118 valence electrons. The number of nitrogens with one attached hydrogen (secondary N) is 2. The standard InChI is InChI=1S/C18H14N4O2/c23-15(20-12-6-2-1-3-7-12)10-22-11-19-16-13-8-4-5-9-14(13)21-17(16)18(22)24/h1-9,11,21H,10H2,(H,20,23). The summed E-state index contributed by atoms with van der Waals surface area (Å²) in [4.78, 5) is 32.2. The van der Waals surface area contributed by atoms with Gasteiger partial charge in [-0.1, -0.05) is 36.4 Å². The van der Waals surface area contributed by atoms with Crippen LogP contribution in [0, 0.1) is 0 Å². The van der Waals surface area contributed by atoms with Crippen molar-refractivity contribution in [2.24, 2.45) is 0 Å². The summed E-state index contributed by atoms with van der Waals surface area (Å²) in [5.74, 6) is -0.277. The number of benzene rings is 2. The predicted octanol–water partition coefficient (Wildman–Crippen LogP) is 2.52. The first-order valence-electron chi connectivity index (χ1n) is 7.53. The molecule has 0 aliphatic rings. The van der Waals surface area contributed by atoms with Crippen molar-refractivity contribution in [3.63, 3.8) is 0 Å². The minimum absolute atomic E-state index is 0.0912. The molecule has 0 unspecified atom stereocenters. The maximum atomic E-state index is 12.6. The van der Waals surface area contributed by atoms with Crippen LogP contribution in [0.2, 0.25) is 0 Å². The number of amides is 1. The quantitative estimate of drug-likeness (QED) is 0.609. The van der Waals surface area contributed by atoms with Gasteiger partial charge in [0.05, 0.1) is 6.33 Å². The Balaban J connectivity index is 1.67. The molecule has 0 atom stereocenters. The van der Waals surface area contributed by atoms with E-state index in [1.807, 2.05) is 42.5 Å². The zero-order valence-electron chi connectivity index (χ0n) is 12.7. The predicted molar refractivity (Wildman–Crippen MR) is 92.9 cm³/mol. The van der Waals surface area contributed by atoms with Gasteiger partial charge >= 0.3 is 0 Å². The van der Waals surface area contributed by atoms with Gasteiger partial charge in [-0.3, -0.25) is 14.2 Å². The fraction of sp³-hybridized carbons (Fsp3) is 0.0556. The van der Waals surface area contributed by atoms with Gasteiger partial charge in [-0.05, 0) is 18.2 Å². The van der Waals surface area contributed by atoms with E-state index in [1.54, 1.807) is 12.1 Å². The Hall–Kier alpha value is -3.41. The van der Waals surface area contributed by atoms with Gasteiger partial charge in [0, 0.05) is 16.6 Å². The number of nitrogens with zero attached hydrogens (tertiary/aromatic N) is 2. The summed E-state index contributed by atoms with van der Waals surface area (Å²) in [7, 11) is 0. The number of hydrogen-bond donors (Lipinski definition) is 2. The second kappa shape index (κ2) is 5.66. The summed E-state index contributed by atoms with van der Waals surface area (Å²) in [6.45, 7) is -0.0912. The van der Waals surface area contributed by atoms with Gasteiger partial charge in [-0.25, -0.2) is 4.98 Å². The number of aromatic amines is 1. The molecule has 0 radical (unpaired) electrons. The number of aromatic nitrogens is 3. The van der Waals surface area contributed by atoms with E-state index in [4.69, 9.17) is 0 Å². The lowest BCUT2D eigenvalue weighted by molar-refractivity contribution is -0.116. The summed E-state index contributed by atoms with van der Waals surface area (Å²) >= 11 is 0. The number of carbonyl (C=O) groups is 1. The normalized spacial score (nSPS) is 11.0. The number of H-pyrrole nitrogens is 1. The highest BCUT2D eigenvalue weighted by molar-refractivity contribution is 6.04. The number of hydrogen-bond acceptors (Lipinski definition) is 3. The molecule has 6 heteroatoms. The van der Waals surface area contributed by atoms with Crippen molar-refractivity contribution in [3.8, 4) is 0 Å². The molecule has 4 aromatic rings. The number of para-hydroxylation sites is 2. The number of fused-ring (bicyclic) bond motifs is 3. The Morgan fingerprint density at radius 3 is 2.67 bits per heavy atom. The molecule has 0 aliphatic carbocycles. The lowest BCUT2D eigenvalue weighted by Crippen LogP contribution is -2.27. The van der Waals surface area contributed by atoms with Crippen molar-refractivity contribution < 1.29 is 4.79 Å². The van der Waals surface area contributed by atoms with Gasteiger partial charge in [-0.15, -0.1) is 0 Å². The van der Waals surface area contributed by atoms with Crippen LogP contribution in [0.3, 0.4) is 0 Å². The first-order chi connectivity index (χ1) is 11.7. The monoisotopic (exact) mass is 318 g/mol. The average Bonchev–Trinajstić information content (AvgIpc) is 2.98. The van der Waals surface area contributed by atoms with Gasteiger partial charge in [0.1, 0.15) is 17.6 Å². The van der Waals surface area contributed by atoms with Crippen LogP contribution in [-0.2, 0) is 11.3 Å². The highest BCUT2D eigenvalue weighted by atomic mass is 16.2. The Bertz CT molecular complexity index is 1100. The highest BCUT2D eigenvalue weighted by Crippen LogP contribution is 2.20. The molecule has 0 saturated heterocycles. The summed E-state index contributed by atoms with van der Waals surface area (Å²) in [5.41, 5.74) is 2.31. The molecule has 0 fully saturated rings. The third kappa shape index (κ3) is 2.44. The molecule has 2 N–H and O–H groups in total. The van der Waals surface area contributed by atoms with E-state index in [-0.39, 0.29) is 18.0 Å². The van der Waals surface area contributed by atoms with Gasteiger partial charge in [0.2, 0.25) is 5.91 Å². The molecule has 0 aliphatic heterocycles. The van der Waals surface area contributed by atoms with Crippen LogP contribution >= 0.6 is 0 Å². The summed E-state index contributed by atoms with van der Waals surface area (Å²) in [6, 6.07) is 16.7. The third-order valence-corrected chi connectivity index (χ3v) is 3.85. The number of carbonyl (C=O) groups excluding carboxylic acids is 1. The smallest absolute Gasteiger partial charge is 0.278 e. The summed E-state index contributed by atoms with van der Waals surface area (Å²) < 4.78 is 1.30. The molecule has 0 bridgehead atoms. The molecular weight excluding hydrogens is 304 g/mol. The molecule has 0 saturated carbocycles. The van der Waals surface area contributed by atoms with Crippen LogP contribution in [0.4, 0.5) is 5.69 Å². The number of anilines is 1. The van der Waals surface area contributed by atoms with E-state index >= 15 is 0 Å². The Kier molecular flexibility index (Phi) is 3.35. The third-order valence-electron chi connectivity index (χ3n) is 3.85. The lowest BCUT2D eigenvalue weighted by atomic mass is 10.2. The second-order valence-electron chi connectivity index (χ2n) is 5.49. The van der Waals surface area contributed by atoms with Gasteiger partial charge < -0.3 is 10.3 Å². The molecule has 24 heavy (non-hydrogen) atoms. The van der Waals surface area contributed by atoms with Crippen molar-refractivity contribution in [2.45, 2.75) is 6.54 Å². The number of rotatable bonds is 3. The molecule has 2 aromatic heterocycles. The first kappa shape index (κ1) is 14.2. The molecule has 2 heterocycles. The van der Waals surface area contributed by atoms with E-state index in [1.165, 1.54) is 10.9 Å². The van der Waals surface area contributed by atoms with Crippen molar-refractivity contribution in [1.29, 1.82) is 0 Å². The zero-order valence-corrected chi connectivity index (χ0v) is 12.7. The molecule has 4 rings (SSSR count). The molecule has 0 spiro atoms. The van der Waals surface area contributed by atoms with E-state index in [0.717, 1.165) is 10.9 Å². The highest BCUT2D eigenvalue weighted by Gasteiger charge is 2.12. The van der Waals surface area contributed by atoms with Gasteiger partial charge in [0.15, 0.2) is 0 Å². The van der Waals surface area contributed by atoms with Gasteiger partial charge in [-0.2, -0.15) is 0 Å². The van der Waals surface area contributed by atoms with Crippen molar-refractivity contribution in [3.05, 3.63) is 71.3 Å². The Morgan fingerprint density at radius 2 is 1.83 bits per heavy atom. The van der Waals surface area contributed by atoms with E-state index in [9.17, 15) is 9.59 Å². The maximum absolute atomic E-state index is 12.6. The van der Waals surface area contributed by atoms with Crippen molar-refractivity contribution in [2.75, 3.05) is 5.32 Å². The van der Waals surface area contributed by atoms with Crippen LogP contribution in [0.5, 0.6) is 0 Å². The van der Waals surface area contributed by atoms with Crippen LogP contribution in [-0.4, -0.2) is 20.4 Å². The average molecular weight is 318 g/mol. The fourth-order valence-corrected chi connectivity index (χ4v) is 2.73. The van der Waals surface area contributed by atoms with Gasteiger partial charge in [0.25, 0.3) is 5.56 Å². The first-order valence-corrected chi connectivity index (χ1v) is 7.53. The van der Waals surface area contributed by atoms with Crippen LogP contribution < -0.4 is 10.9 Å². The molecular formula is C18H14N4O2. The fourth-order valence-electron chi connectivity index (χ4n) is 2.73. The van der Waals surface area contributed by atoms with Crippen LogP contribution in [0.25, 0.3) is 21.9 Å².